The summed E-state index contributed by atoms with van der Waals surface area (Å²) in [5, 5.41) is 4.09. The summed E-state index contributed by atoms with van der Waals surface area (Å²) in [7, 11) is 0. The first-order chi connectivity index (χ1) is 8.65. The van der Waals surface area contributed by atoms with Crippen LogP contribution >= 0.6 is 27.5 Å². The first-order valence-corrected chi connectivity index (χ1v) is 7.08. The zero-order chi connectivity index (χ0) is 12.7. The molecule has 0 radical (unpaired) electrons. The molecule has 0 unspecified atom stereocenters. The van der Waals surface area contributed by atoms with Crippen molar-refractivity contribution in [2.45, 2.75) is 25.8 Å². The third-order valence-corrected chi connectivity index (χ3v) is 4.17. The summed E-state index contributed by atoms with van der Waals surface area (Å²) in [6.45, 7) is 1.99. The van der Waals surface area contributed by atoms with Gasteiger partial charge in [-0.05, 0) is 53.4 Å². The molecular formula is C13H13BrClN3. The lowest BCUT2D eigenvalue weighted by molar-refractivity contribution is 0.751. The molecule has 3 rings (SSSR count). The van der Waals surface area contributed by atoms with Crippen LogP contribution in [0.15, 0.2) is 29.0 Å². The second-order valence-corrected chi connectivity index (χ2v) is 5.86. The van der Waals surface area contributed by atoms with Crippen molar-refractivity contribution in [3.8, 4) is 0 Å². The highest BCUT2D eigenvalue weighted by molar-refractivity contribution is 9.10. The highest BCUT2D eigenvalue weighted by atomic mass is 79.9. The van der Waals surface area contributed by atoms with Crippen LogP contribution in [-0.2, 0) is 0 Å². The quantitative estimate of drug-likeness (QED) is 0.887. The molecule has 94 valence electrons. The van der Waals surface area contributed by atoms with Crippen molar-refractivity contribution in [2.24, 2.45) is 0 Å². The maximum atomic E-state index is 6.15. The van der Waals surface area contributed by atoms with Crippen LogP contribution in [0.2, 0.25) is 5.02 Å². The minimum atomic E-state index is 0.606. The number of hydrogen-bond donors (Lipinski definition) is 1. The third kappa shape index (κ3) is 2.27. The average Bonchev–Trinajstić information content (AvgIpc) is 3.07. The normalized spacial score (nSPS) is 14.8. The van der Waals surface area contributed by atoms with Gasteiger partial charge in [0.25, 0.3) is 0 Å². The molecule has 3 nitrogen and oxygen atoms in total. The molecule has 18 heavy (non-hydrogen) atoms. The van der Waals surface area contributed by atoms with Crippen molar-refractivity contribution in [3.63, 3.8) is 0 Å². The summed E-state index contributed by atoms with van der Waals surface area (Å²) in [5.41, 5.74) is 2.00. The van der Waals surface area contributed by atoms with Gasteiger partial charge in [0.2, 0.25) is 5.95 Å². The van der Waals surface area contributed by atoms with Gasteiger partial charge < -0.3 is 9.88 Å². The number of nitrogens with one attached hydrogen (secondary N) is 1. The smallest absolute Gasteiger partial charge is 0.207 e. The van der Waals surface area contributed by atoms with Gasteiger partial charge in [-0.3, -0.25) is 0 Å². The lowest BCUT2D eigenvalue weighted by Crippen LogP contribution is -2.02. The van der Waals surface area contributed by atoms with E-state index in [1.807, 2.05) is 31.5 Å². The number of halogens is 2. The van der Waals surface area contributed by atoms with Gasteiger partial charge in [-0.15, -0.1) is 0 Å². The van der Waals surface area contributed by atoms with E-state index in [9.17, 15) is 0 Å². The van der Waals surface area contributed by atoms with Gasteiger partial charge >= 0.3 is 0 Å². The minimum absolute atomic E-state index is 0.606. The Morgan fingerprint density at radius 3 is 2.94 bits per heavy atom. The zero-order valence-electron chi connectivity index (χ0n) is 9.95. The van der Waals surface area contributed by atoms with Crippen LogP contribution in [0.1, 0.15) is 24.4 Å². The van der Waals surface area contributed by atoms with Gasteiger partial charge in [-0.1, -0.05) is 11.6 Å². The molecule has 0 bridgehead atoms. The Balaban J connectivity index is 1.92. The van der Waals surface area contributed by atoms with E-state index in [4.69, 9.17) is 11.6 Å². The second-order valence-electron chi connectivity index (χ2n) is 4.60. The SMILES string of the molecule is Cc1cc(Br)c(Nc2nccn2C2CC2)cc1Cl. The molecule has 1 aliphatic carbocycles. The Morgan fingerprint density at radius 1 is 1.44 bits per heavy atom. The van der Waals surface area contributed by atoms with E-state index < -0.39 is 0 Å². The van der Waals surface area contributed by atoms with Gasteiger partial charge in [-0.25, -0.2) is 4.98 Å². The predicted octanol–water partition coefficient (Wildman–Crippen LogP) is 4.69. The topological polar surface area (TPSA) is 29.9 Å². The Kier molecular flexibility index (Phi) is 3.08. The van der Waals surface area contributed by atoms with Gasteiger partial charge in [-0.2, -0.15) is 0 Å². The fraction of sp³-hybridized carbons (Fsp3) is 0.308. The van der Waals surface area contributed by atoms with Crippen LogP contribution in [0, 0.1) is 6.92 Å². The molecule has 1 aromatic carbocycles. The van der Waals surface area contributed by atoms with Crippen molar-refractivity contribution in [1.29, 1.82) is 0 Å². The van der Waals surface area contributed by atoms with Crippen molar-refractivity contribution >= 4 is 39.2 Å². The Morgan fingerprint density at radius 2 is 2.22 bits per heavy atom. The summed E-state index contributed by atoms with van der Waals surface area (Å²) in [6.07, 6.45) is 6.32. The lowest BCUT2D eigenvalue weighted by Gasteiger charge is -2.11. The number of benzene rings is 1. The minimum Gasteiger partial charge on any atom is -0.325 e. The Hall–Kier alpha value is -1.00. The summed E-state index contributed by atoms with van der Waals surface area (Å²) in [4.78, 5) is 4.35. The summed E-state index contributed by atoms with van der Waals surface area (Å²) < 4.78 is 3.18. The van der Waals surface area contributed by atoms with Crippen LogP contribution in [0.3, 0.4) is 0 Å². The molecular weight excluding hydrogens is 314 g/mol. The Bertz CT molecular complexity index is 590. The van der Waals surface area contributed by atoms with E-state index >= 15 is 0 Å². The van der Waals surface area contributed by atoms with Crippen LogP contribution < -0.4 is 5.32 Å². The first kappa shape index (κ1) is 12.1. The molecule has 1 N–H and O–H groups in total. The maximum Gasteiger partial charge on any atom is 0.207 e. The second kappa shape index (κ2) is 4.59. The maximum absolute atomic E-state index is 6.15. The standard InChI is InChI=1S/C13H13BrClN3/c1-8-6-10(14)12(7-11(8)15)17-13-16-4-5-18(13)9-2-3-9/h4-7,9H,2-3H2,1H3,(H,16,17). The number of nitrogens with zero attached hydrogens (tertiary/aromatic N) is 2. The number of hydrogen-bond acceptors (Lipinski definition) is 2. The van der Waals surface area contributed by atoms with E-state index in [1.165, 1.54) is 12.8 Å². The summed E-state index contributed by atoms with van der Waals surface area (Å²) in [5.74, 6) is 0.873. The van der Waals surface area contributed by atoms with E-state index in [2.05, 4.69) is 30.8 Å². The molecule has 0 amide bonds. The average molecular weight is 327 g/mol. The molecule has 0 saturated heterocycles. The van der Waals surface area contributed by atoms with E-state index in [0.717, 1.165) is 26.7 Å². The molecule has 0 aliphatic heterocycles. The molecule has 0 atom stereocenters. The van der Waals surface area contributed by atoms with Crippen LogP contribution in [0.5, 0.6) is 0 Å². The zero-order valence-corrected chi connectivity index (χ0v) is 12.3. The van der Waals surface area contributed by atoms with Gasteiger partial charge in [0.1, 0.15) is 0 Å². The predicted molar refractivity (Wildman–Crippen MR) is 77.7 cm³/mol. The molecule has 1 saturated carbocycles. The highest BCUT2D eigenvalue weighted by Gasteiger charge is 2.25. The van der Waals surface area contributed by atoms with Crippen molar-refractivity contribution < 1.29 is 0 Å². The fourth-order valence-electron chi connectivity index (χ4n) is 1.92. The highest BCUT2D eigenvalue weighted by Crippen LogP contribution is 2.38. The number of aromatic nitrogens is 2. The van der Waals surface area contributed by atoms with Gasteiger partial charge in [0, 0.05) is 27.9 Å². The molecule has 1 aromatic heterocycles. The van der Waals surface area contributed by atoms with E-state index in [1.54, 1.807) is 0 Å². The summed E-state index contributed by atoms with van der Waals surface area (Å²) >= 11 is 9.70. The Labute approximate surface area is 119 Å². The number of anilines is 2. The number of imidazole rings is 1. The third-order valence-electron chi connectivity index (χ3n) is 3.10. The van der Waals surface area contributed by atoms with Crippen LogP contribution in [0.4, 0.5) is 11.6 Å². The van der Waals surface area contributed by atoms with Crippen LogP contribution in [-0.4, -0.2) is 9.55 Å². The summed E-state index contributed by atoms with van der Waals surface area (Å²) in [6, 6.07) is 4.54. The monoisotopic (exact) mass is 325 g/mol. The van der Waals surface area contributed by atoms with E-state index in [-0.39, 0.29) is 0 Å². The van der Waals surface area contributed by atoms with Crippen LogP contribution in [0.25, 0.3) is 0 Å². The van der Waals surface area contributed by atoms with Crippen molar-refractivity contribution in [3.05, 3.63) is 39.6 Å². The molecule has 0 spiro atoms. The van der Waals surface area contributed by atoms with Crippen molar-refractivity contribution in [1.82, 2.24) is 9.55 Å². The van der Waals surface area contributed by atoms with Crippen molar-refractivity contribution in [2.75, 3.05) is 5.32 Å². The number of aryl methyl sites for hydroxylation is 1. The lowest BCUT2D eigenvalue weighted by atomic mass is 10.2. The molecule has 5 heteroatoms. The molecule has 1 aliphatic rings. The molecule has 1 fully saturated rings. The fourth-order valence-corrected chi connectivity index (χ4v) is 2.64. The first-order valence-electron chi connectivity index (χ1n) is 5.90. The number of rotatable bonds is 3. The largest absolute Gasteiger partial charge is 0.325 e. The van der Waals surface area contributed by atoms with Gasteiger partial charge in [0.15, 0.2) is 0 Å². The molecule has 2 aromatic rings. The molecule has 1 heterocycles. The van der Waals surface area contributed by atoms with E-state index in [0.29, 0.717) is 6.04 Å². The van der Waals surface area contributed by atoms with Gasteiger partial charge in [0.05, 0.1) is 5.69 Å².